The highest BCUT2D eigenvalue weighted by atomic mass is 16.5. The summed E-state index contributed by atoms with van der Waals surface area (Å²) in [5, 5.41) is 0. The number of carbonyl (C=O) groups excluding carboxylic acids is 2. The Morgan fingerprint density at radius 3 is 2.07 bits per heavy atom. The molecule has 0 saturated carbocycles. The zero-order valence-corrected chi connectivity index (χ0v) is 24.9. The monoisotopic (exact) mass is 554 g/mol. The van der Waals surface area contributed by atoms with Gasteiger partial charge in [0, 0.05) is 57.6 Å². The predicted octanol–water partition coefficient (Wildman–Crippen LogP) is 6.83. The number of esters is 2. The predicted molar refractivity (Wildman–Crippen MR) is 161 cm³/mol. The van der Waals surface area contributed by atoms with Crippen molar-refractivity contribution in [2.75, 3.05) is 14.2 Å². The number of ether oxygens (including phenoxy) is 2. The van der Waals surface area contributed by atoms with Crippen LogP contribution in [0.2, 0.25) is 0 Å². The summed E-state index contributed by atoms with van der Waals surface area (Å²) in [5.74, 6) is -0.535. The molecule has 1 atom stereocenters. The molecule has 0 aliphatic carbocycles. The molecule has 41 heavy (non-hydrogen) atoms. The van der Waals surface area contributed by atoms with Crippen molar-refractivity contribution in [2.24, 2.45) is 0 Å². The van der Waals surface area contributed by atoms with E-state index >= 15 is 0 Å². The second kappa shape index (κ2) is 11.0. The molecular formula is C33H38N4O4. The van der Waals surface area contributed by atoms with Crippen molar-refractivity contribution >= 4 is 45.2 Å². The van der Waals surface area contributed by atoms with Crippen molar-refractivity contribution in [1.82, 2.24) is 19.9 Å². The van der Waals surface area contributed by atoms with Crippen LogP contribution in [0.3, 0.4) is 0 Å². The zero-order chi connectivity index (χ0) is 29.5. The van der Waals surface area contributed by atoms with Crippen LogP contribution in [-0.2, 0) is 24.5 Å². The van der Waals surface area contributed by atoms with Crippen molar-refractivity contribution in [3.8, 4) is 0 Å². The first-order chi connectivity index (χ1) is 19.5. The normalized spacial score (nSPS) is 16.1. The average Bonchev–Trinajstić information content (AvgIpc) is 3.60. The SMILES string of the molecule is COC(=O)CCC1=C(C)c2cc3cc(C)c(cc4cc(C)c(cc5nc(cc1n2)[C@H](CCC(=O)OC)C5(C)C)[nH]4)[nH]3. The van der Waals surface area contributed by atoms with Crippen LogP contribution in [0.4, 0.5) is 0 Å². The summed E-state index contributed by atoms with van der Waals surface area (Å²) in [6.07, 6.45) is 1.65. The topological polar surface area (TPSA) is 110 Å². The number of carbonyl (C=O) groups is 2. The fraction of sp³-hybridized carbons (Fsp3) is 0.394. The van der Waals surface area contributed by atoms with Crippen molar-refractivity contribution in [1.29, 1.82) is 0 Å². The fourth-order valence-corrected chi connectivity index (χ4v) is 5.90. The maximum atomic E-state index is 12.2. The standard InChI is InChI=1S/C33H38N4O4/c1-18-12-22-15-27-20(3)23(8-10-31(38)40-6)28(36-27)16-29-24(9-11-32(39)41-7)33(4,5)30(37-29)17-26-19(2)13-21(35-26)14-25(18)34-22/h12-17,24,34-35H,8-11H2,1-7H3/t24-/m0/s1. The van der Waals surface area contributed by atoms with E-state index in [-0.39, 0.29) is 29.7 Å². The van der Waals surface area contributed by atoms with Gasteiger partial charge in [0.25, 0.3) is 0 Å². The van der Waals surface area contributed by atoms with Gasteiger partial charge in [-0.2, -0.15) is 0 Å². The van der Waals surface area contributed by atoms with Crippen LogP contribution in [0.1, 0.15) is 86.3 Å². The molecule has 0 fully saturated rings. The van der Waals surface area contributed by atoms with Gasteiger partial charge in [0.15, 0.2) is 0 Å². The van der Waals surface area contributed by atoms with Crippen LogP contribution in [-0.4, -0.2) is 46.1 Å². The van der Waals surface area contributed by atoms with Gasteiger partial charge in [-0.05, 0) is 92.3 Å². The molecule has 214 valence electrons. The summed E-state index contributed by atoms with van der Waals surface area (Å²) in [4.78, 5) is 41.6. The van der Waals surface area contributed by atoms with Crippen LogP contribution in [0.15, 0.2) is 36.4 Å². The number of methoxy groups -OCH3 is 2. The molecule has 0 radical (unpaired) electrons. The molecule has 8 bridgehead atoms. The van der Waals surface area contributed by atoms with Crippen LogP contribution in [0, 0.1) is 13.8 Å². The summed E-state index contributed by atoms with van der Waals surface area (Å²) in [5.41, 5.74) is 11.3. The number of nitrogens with zero attached hydrogens (tertiary/aromatic N) is 2. The highest BCUT2D eigenvalue weighted by Crippen LogP contribution is 2.45. The molecule has 5 heterocycles. The summed E-state index contributed by atoms with van der Waals surface area (Å²) >= 11 is 0. The smallest absolute Gasteiger partial charge is 0.305 e. The highest BCUT2D eigenvalue weighted by Gasteiger charge is 2.39. The van der Waals surface area contributed by atoms with Gasteiger partial charge in [-0.15, -0.1) is 0 Å². The number of aromatic nitrogens is 4. The van der Waals surface area contributed by atoms with Gasteiger partial charge >= 0.3 is 11.9 Å². The lowest BCUT2D eigenvalue weighted by molar-refractivity contribution is -0.141. The Kier molecular flexibility index (Phi) is 7.60. The van der Waals surface area contributed by atoms with E-state index in [1.165, 1.54) is 14.2 Å². The van der Waals surface area contributed by atoms with E-state index in [0.29, 0.717) is 19.3 Å². The van der Waals surface area contributed by atoms with Crippen LogP contribution in [0.25, 0.3) is 33.2 Å². The first kappa shape index (κ1) is 28.3. The average molecular weight is 555 g/mol. The molecule has 2 aliphatic rings. The molecule has 5 rings (SSSR count). The third-order valence-corrected chi connectivity index (χ3v) is 8.51. The van der Waals surface area contributed by atoms with Gasteiger partial charge in [-0.25, -0.2) is 4.98 Å². The largest absolute Gasteiger partial charge is 0.469 e. The fourth-order valence-electron chi connectivity index (χ4n) is 5.90. The number of allylic oxidation sites excluding steroid dienone is 2. The number of rotatable bonds is 6. The maximum Gasteiger partial charge on any atom is 0.305 e. The van der Waals surface area contributed by atoms with Crippen molar-refractivity contribution < 1.29 is 19.1 Å². The Balaban J connectivity index is 1.81. The van der Waals surface area contributed by atoms with E-state index in [4.69, 9.17) is 19.4 Å². The number of fused-ring (bicyclic) bond motifs is 8. The number of aromatic amines is 2. The summed E-state index contributed by atoms with van der Waals surface area (Å²) in [6.45, 7) is 10.6. The molecule has 2 aliphatic heterocycles. The first-order valence-corrected chi connectivity index (χ1v) is 14.0. The van der Waals surface area contributed by atoms with Gasteiger partial charge in [0.2, 0.25) is 0 Å². The molecule has 3 aromatic rings. The molecule has 0 amide bonds. The number of aryl methyl sites for hydroxylation is 2. The van der Waals surface area contributed by atoms with Crippen molar-refractivity contribution in [3.63, 3.8) is 0 Å². The molecule has 2 N–H and O–H groups in total. The lowest BCUT2D eigenvalue weighted by Crippen LogP contribution is -2.23. The van der Waals surface area contributed by atoms with Gasteiger partial charge < -0.3 is 19.4 Å². The minimum atomic E-state index is -0.345. The quantitative estimate of drug-likeness (QED) is 0.323. The van der Waals surface area contributed by atoms with Gasteiger partial charge in [0.05, 0.1) is 25.6 Å². The molecule has 0 spiro atoms. The highest BCUT2D eigenvalue weighted by molar-refractivity contribution is 5.93. The van der Waals surface area contributed by atoms with Crippen LogP contribution >= 0.6 is 0 Å². The summed E-state index contributed by atoms with van der Waals surface area (Å²) in [6, 6.07) is 12.6. The Morgan fingerprint density at radius 2 is 1.41 bits per heavy atom. The zero-order valence-electron chi connectivity index (χ0n) is 24.9. The molecule has 0 saturated heterocycles. The molecule has 8 nitrogen and oxygen atoms in total. The van der Waals surface area contributed by atoms with Gasteiger partial charge in [-0.1, -0.05) is 13.8 Å². The molecule has 3 aromatic heterocycles. The molecular weight excluding hydrogens is 516 g/mol. The number of H-pyrrole nitrogens is 2. The minimum Gasteiger partial charge on any atom is -0.469 e. The lowest BCUT2D eigenvalue weighted by atomic mass is 9.74. The van der Waals surface area contributed by atoms with Crippen LogP contribution in [0.5, 0.6) is 0 Å². The van der Waals surface area contributed by atoms with Crippen molar-refractivity contribution in [3.05, 3.63) is 70.3 Å². The van der Waals surface area contributed by atoms with E-state index in [2.05, 4.69) is 68.0 Å². The summed E-state index contributed by atoms with van der Waals surface area (Å²) in [7, 11) is 2.82. The van der Waals surface area contributed by atoms with Gasteiger partial charge in [-0.3, -0.25) is 14.6 Å². The lowest BCUT2D eigenvalue weighted by Gasteiger charge is -2.27. The molecule has 8 heteroatoms. The van der Waals surface area contributed by atoms with Crippen molar-refractivity contribution in [2.45, 2.75) is 71.6 Å². The molecule has 0 unspecified atom stereocenters. The van der Waals surface area contributed by atoms with Crippen LogP contribution < -0.4 is 0 Å². The van der Waals surface area contributed by atoms with E-state index in [1.54, 1.807) is 0 Å². The Bertz CT molecular complexity index is 1720. The van der Waals surface area contributed by atoms with E-state index in [9.17, 15) is 9.59 Å². The maximum absolute atomic E-state index is 12.2. The van der Waals surface area contributed by atoms with E-state index in [0.717, 1.165) is 67.1 Å². The Morgan fingerprint density at radius 1 is 0.805 bits per heavy atom. The second-order valence-electron chi connectivity index (χ2n) is 11.6. The second-order valence-corrected chi connectivity index (χ2v) is 11.6. The van der Waals surface area contributed by atoms with E-state index in [1.807, 2.05) is 13.0 Å². The minimum absolute atomic E-state index is 0.0316. The summed E-state index contributed by atoms with van der Waals surface area (Å²) < 4.78 is 9.89. The first-order valence-electron chi connectivity index (χ1n) is 14.0. The van der Waals surface area contributed by atoms with E-state index < -0.39 is 0 Å². The van der Waals surface area contributed by atoms with Gasteiger partial charge in [0.1, 0.15) is 0 Å². The Hall–Kier alpha value is -4.20. The number of hydrogen-bond acceptors (Lipinski definition) is 6. The third kappa shape index (κ3) is 5.56. The molecule has 0 aromatic carbocycles. The number of hydrogen-bond donors (Lipinski definition) is 2. The number of nitrogens with one attached hydrogen (secondary N) is 2. The Labute approximate surface area is 240 Å². The third-order valence-electron chi connectivity index (χ3n) is 8.51.